The number of aliphatic hydroxyl groups is 1. The smallest absolute Gasteiger partial charge is 0.0612 e. The van der Waals surface area contributed by atoms with Crippen molar-refractivity contribution in [3.8, 4) is 0 Å². The summed E-state index contributed by atoms with van der Waals surface area (Å²) in [5.41, 5.74) is 2.81. The lowest BCUT2D eigenvalue weighted by Crippen LogP contribution is -2.32. The maximum absolute atomic E-state index is 10.3. The van der Waals surface area contributed by atoms with Gasteiger partial charge in [0.05, 0.1) is 6.10 Å². The Morgan fingerprint density at radius 1 is 1.22 bits per heavy atom. The van der Waals surface area contributed by atoms with E-state index in [1.165, 1.54) is 37.1 Å². The maximum Gasteiger partial charge on any atom is 0.0612 e. The van der Waals surface area contributed by atoms with E-state index in [1.807, 2.05) is 0 Å². The van der Waals surface area contributed by atoms with Crippen molar-refractivity contribution in [1.29, 1.82) is 0 Å². The normalized spacial score (nSPS) is 32.4. The average molecular weight is 245 g/mol. The molecule has 0 amide bonds. The highest BCUT2D eigenvalue weighted by molar-refractivity contribution is 5.30. The molecule has 1 aromatic rings. The summed E-state index contributed by atoms with van der Waals surface area (Å²) in [6.45, 7) is 2.44. The zero-order valence-corrected chi connectivity index (χ0v) is 11.2. The van der Waals surface area contributed by atoms with Gasteiger partial charge in [-0.25, -0.2) is 0 Å². The molecule has 1 fully saturated rings. The van der Waals surface area contributed by atoms with Crippen LogP contribution in [0.3, 0.4) is 0 Å². The van der Waals surface area contributed by atoms with E-state index in [1.54, 1.807) is 0 Å². The maximum atomic E-state index is 10.3. The summed E-state index contributed by atoms with van der Waals surface area (Å²) in [5.74, 6) is 1.26. The molecule has 0 radical (unpaired) electrons. The number of hydrogen-bond acceptors (Lipinski definition) is 2. The molecular weight excluding hydrogens is 222 g/mol. The first kappa shape index (κ1) is 12.2. The van der Waals surface area contributed by atoms with Gasteiger partial charge in [-0.05, 0) is 62.2 Å². The summed E-state index contributed by atoms with van der Waals surface area (Å²) in [6.07, 6.45) is 4.29. The second-order valence-corrected chi connectivity index (χ2v) is 6.16. The second-order valence-electron chi connectivity index (χ2n) is 6.16. The minimum atomic E-state index is -0.134. The van der Waals surface area contributed by atoms with Gasteiger partial charge in [-0.2, -0.15) is 0 Å². The predicted octanol–water partition coefficient (Wildman–Crippen LogP) is 2.10. The highest BCUT2D eigenvalue weighted by atomic mass is 16.3. The lowest BCUT2D eigenvalue weighted by molar-refractivity contribution is 0.0849. The molecule has 3 atom stereocenters. The molecule has 0 spiro atoms. The Morgan fingerprint density at radius 2 is 1.94 bits per heavy atom. The van der Waals surface area contributed by atoms with Gasteiger partial charge in [0, 0.05) is 6.54 Å². The van der Waals surface area contributed by atoms with Crippen LogP contribution >= 0.6 is 0 Å². The van der Waals surface area contributed by atoms with Crippen LogP contribution < -0.4 is 0 Å². The van der Waals surface area contributed by atoms with Gasteiger partial charge in [0.1, 0.15) is 0 Å². The highest BCUT2D eigenvalue weighted by Crippen LogP contribution is 2.32. The highest BCUT2D eigenvalue weighted by Gasteiger charge is 2.30. The predicted molar refractivity (Wildman–Crippen MR) is 73.6 cm³/mol. The standard InChI is InChI=1S/C16H23NO/c1-17-7-6-12(11-17)8-15-9-13-4-2-3-5-14(13)10-16(15)18/h2-5,12,15-16,18H,6-11H2,1H3. The monoisotopic (exact) mass is 245 g/mol. The Morgan fingerprint density at radius 3 is 2.61 bits per heavy atom. The van der Waals surface area contributed by atoms with Crippen LogP contribution in [0.1, 0.15) is 24.0 Å². The number of likely N-dealkylation sites (tertiary alicyclic amines) is 1. The lowest BCUT2D eigenvalue weighted by atomic mass is 9.77. The van der Waals surface area contributed by atoms with Gasteiger partial charge in [-0.1, -0.05) is 24.3 Å². The molecule has 98 valence electrons. The summed E-state index contributed by atoms with van der Waals surface area (Å²) < 4.78 is 0. The molecule has 1 heterocycles. The Balaban J connectivity index is 1.67. The van der Waals surface area contributed by atoms with Gasteiger partial charge in [-0.15, -0.1) is 0 Å². The molecule has 18 heavy (non-hydrogen) atoms. The van der Waals surface area contributed by atoms with Crippen molar-refractivity contribution in [1.82, 2.24) is 4.90 Å². The van der Waals surface area contributed by atoms with Crippen LogP contribution in [0.2, 0.25) is 0 Å². The van der Waals surface area contributed by atoms with Crippen LogP contribution in [-0.2, 0) is 12.8 Å². The quantitative estimate of drug-likeness (QED) is 0.862. The number of benzene rings is 1. The number of hydrogen-bond donors (Lipinski definition) is 1. The first-order chi connectivity index (χ1) is 8.72. The SMILES string of the molecule is CN1CCC(CC2Cc3ccccc3CC2O)C1. The van der Waals surface area contributed by atoms with E-state index < -0.39 is 0 Å². The molecular formula is C16H23NO. The van der Waals surface area contributed by atoms with E-state index >= 15 is 0 Å². The molecule has 2 heteroatoms. The summed E-state index contributed by atoms with van der Waals surface area (Å²) in [5, 5.41) is 10.3. The van der Waals surface area contributed by atoms with Crippen LogP contribution in [0.15, 0.2) is 24.3 Å². The van der Waals surface area contributed by atoms with Crippen LogP contribution in [0, 0.1) is 11.8 Å². The minimum Gasteiger partial charge on any atom is -0.392 e. The topological polar surface area (TPSA) is 23.5 Å². The molecule has 1 saturated heterocycles. The third kappa shape index (κ3) is 2.45. The molecule has 1 aliphatic heterocycles. The zero-order valence-electron chi connectivity index (χ0n) is 11.2. The van der Waals surface area contributed by atoms with Crippen molar-refractivity contribution in [2.75, 3.05) is 20.1 Å². The van der Waals surface area contributed by atoms with Gasteiger partial charge >= 0.3 is 0 Å². The third-order valence-corrected chi connectivity index (χ3v) is 4.70. The van der Waals surface area contributed by atoms with Crippen LogP contribution in [0.4, 0.5) is 0 Å². The van der Waals surface area contributed by atoms with E-state index in [-0.39, 0.29) is 6.10 Å². The zero-order chi connectivity index (χ0) is 12.5. The van der Waals surface area contributed by atoms with Crippen LogP contribution in [0.5, 0.6) is 0 Å². The molecule has 2 aliphatic rings. The van der Waals surface area contributed by atoms with Crippen molar-refractivity contribution in [3.63, 3.8) is 0 Å². The summed E-state index contributed by atoms with van der Waals surface area (Å²) in [6, 6.07) is 8.60. The molecule has 1 aromatic carbocycles. The number of fused-ring (bicyclic) bond motifs is 1. The number of rotatable bonds is 2. The summed E-state index contributed by atoms with van der Waals surface area (Å²) >= 11 is 0. The van der Waals surface area contributed by atoms with Crippen molar-refractivity contribution in [2.24, 2.45) is 11.8 Å². The van der Waals surface area contributed by atoms with Gasteiger partial charge < -0.3 is 10.0 Å². The van der Waals surface area contributed by atoms with E-state index in [4.69, 9.17) is 0 Å². The van der Waals surface area contributed by atoms with Crippen molar-refractivity contribution >= 4 is 0 Å². The van der Waals surface area contributed by atoms with E-state index in [2.05, 4.69) is 36.2 Å². The van der Waals surface area contributed by atoms with E-state index in [9.17, 15) is 5.11 Å². The van der Waals surface area contributed by atoms with Crippen molar-refractivity contribution in [3.05, 3.63) is 35.4 Å². The van der Waals surface area contributed by atoms with E-state index in [0.717, 1.165) is 18.8 Å². The van der Waals surface area contributed by atoms with Crippen molar-refractivity contribution < 1.29 is 5.11 Å². The first-order valence-corrected chi connectivity index (χ1v) is 7.16. The fourth-order valence-electron chi connectivity index (χ4n) is 3.65. The Bertz CT molecular complexity index is 417. The van der Waals surface area contributed by atoms with Gasteiger partial charge in [0.2, 0.25) is 0 Å². The second kappa shape index (κ2) is 5.02. The Hall–Kier alpha value is -0.860. The molecule has 1 aliphatic carbocycles. The minimum absolute atomic E-state index is 0.134. The summed E-state index contributed by atoms with van der Waals surface area (Å²) in [7, 11) is 2.20. The van der Waals surface area contributed by atoms with Crippen molar-refractivity contribution in [2.45, 2.75) is 31.8 Å². The molecule has 3 rings (SSSR count). The summed E-state index contributed by atoms with van der Waals surface area (Å²) in [4.78, 5) is 2.41. The number of nitrogens with zero attached hydrogens (tertiary/aromatic N) is 1. The fraction of sp³-hybridized carbons (Fsp3) is 0.625. The Kier molecular flexibility index (Phi) is 3.40. The molecule has 0 saturated carbocycles. The van der Waals surface area contributed by atoms with Gasteiger partial charge in [0.25, 0.3) is 0 Å². The molecule has 3 unspecified atom stereocenters. The Labute approximate surface area is 110 Å². The van der Waals surface area contributed by atoms with Crippen LogP contribution in [-0.4, -0.2) is 36.2 Å². The largest absolute Gasteiger partial charge is 0.392 e. The molecule has 1 N–H and O–H groups in total. The molecule has 2 nitrogen and oxygen atoms in total. The third-order valence-electron chi connectivity index (χ3n) is 4.70. The van der Waals surface area contributed by atoms with Gasteiger partial charge in [-0.3, -0.25) is 0 Å². The van der Waals surface area contributed by atoms with E-state index in [0.29, 0.717) is 5.92 Å². The molecule has 0 bridgehead atoms. The number of aliphatic hydroxyl groups excluding tert-OH is 1. The average Bonchev–Trinajstić information content (AvgIpc) is 2.76. The van der Waals surface area contributed by atoms with Gasteiger partial charge in [0.15, 0.2) is 0 Å². The first-order valence-electron chi connectivity index (χ1n) is 7.16. The van der Waals surface area contributed by atoms with Crippen LogP contribution in [0.25, 0.3) is 0 Å². The fourth-order valence-corrected chi connectivity index (χ4v) is 3.65. The molecule has 0 aromatic heterocycles. The lowest BCUT2D eigenvalue weighted by Gasteiger charge is -2.31.